The summed E-state index contributed by atoms with van der Waals surface area (Å²) in [5, 5.41) is 0. The summed E-state index contributed by atoms with van der Waals surface area (Å²) in [7, 11) is -0.424. The van der Waals surface area contributed by atoms with E-state index in [2.05, 4.69) is 0 Å². The Morgan fingerprint density at radius 1 is 0.909 bits per heavy atom. The normalized spacial score (nSPS) is 16.1. The largest absolute Gasteiger partial charge is 0.493 e. The zero-order valence-corrected chi connectivity index (χ0v) is 12.0. The van der Waals surface area contributed by atoms with E-state index >= 15 is 0 Å². The van der Waals surface area contributed by atoms with Crippen LogP contribution in [0, 0.1) is 23.4 Å². The highest BCUT2D eigenvalue weighted by atomic mass is 19.2. The summed E-state index contributed by atoms with van der Waals surface area (Å²) in [6, 6.07) is 8.90. The molecule has 3 rings (SSSR count). The van der Waals surface area contributed by atoms with Crippen molar-refractivity contribution in [3.05, 3.63) is 53.8 Å². The number of hydrogen-bond donors (Lipinski definition) is 0. The van der Waals surface area contributed by atoms with Crippen LogP contribution in [0.2, 0.25) is 0 Å². The molecule has 2 aromatic rings. The Hall–Kier alpha value is -1.79. The van der Waals surface area contributed by atoms with Crippen LogP contribution < -0.4 is 5.46 Å². The average Bonchev–Trinajstić information content (AvgIpc) is 2.53. The van der Waals surface area contributed by atoms with Crippen molar-refractivity contribution < 1.29 is 22.5 Å². The first-order valence-electron chi connectivity index (χ1n) is 7.02. The zero-order valence-electron chi connectivity index (χ0n) is 12.0. The van der Waals surface area contributed by atoms with Crippen molar-refractivity contribution in [2.24, 2.45) is 5.92 Å². The minimum Gasteiger partial charge on any atom is -0.407 e. The molecule has 0 N–H and O–H groups in total. The van der Waals surface area contributed by atoms with Crippen LogP contribution in [-0.4, -0.2) is 20.3 Å². The van der Waals surface area contributed by atoms with Crippen molar-refractivity contribution in [1.29, 1.82) is 0 Å². The maximum Gasteiger partial charge on any atom is 0.493 e. The summed E-state index contributed by atoms with van der Waals surface area (Å²) in [6.07, 6.45) is 0. The molecule has 2 aromatic carbocycles. The SMILES string of the molecule is CC1COB(c2ccc(-c3cc(F)c(F)c(F)c3)cc2)OC1. The third kappa shape index (κ3) is 3.03. The van der Waals surface area contributed by atoms with Gasteiger partial charge in [0.15, 0.2) is 17.5 Å². The summed E-state index contributed by atoms with van der Waals surface area (Å²) < 4.78 is 50.7. The predicted molar refractivity (Wildman–Crippen MR) is 78.2 cm³/mol. The van der Waals surface area contributed by atoms with Crippen molar-refractivity contribution in [2.75, 3.05) is 13.2 Å². The minimum absolute atomic E-state index is 0.280. The smallest absolute Gasteiger partial charge is 0.407 e. The van der Waals surface area contributed by atoms with Gasteiger partial charge in [-0.1, -0.05) is 31.2 Å². The summed E-state index contributed by atoms with van der Waals surface area (Å²) in [5.74, 6) is -3.50. The topological polar surface area (TPSA) is 18.5 Å². The van der Waals surface area contributed by atoms with E-state index in [1.165, 1.54) is 0 Å². The summed E-state index contributed by atoms with van der Waals surface area (Å²) in [4.78, 5) is 0. The third-order valence-corrected chi connectivity index (χ3v) is 3.56. The lowest BCUT2D eigenvalue weighted by molar-refractivity contribution is 0.0958. The molecule has 1 aliphatic heterocycles. The summed E-state index contributed by atoms with van der Waals surface area (Å²) in [5.41, 5.74) is 1.70. The van der Waals surface area contributed by atoms with E-state index in [1.807, 2.05) is 6.92 Å². The van der Waals surface area contributed by atoms with E-state index in [0.717, 1.165) is 17.6 Å². The number of benzene rings is 2. The van der Waals surface area contributed by atoms with Crippen molar-refractivity contribution in [1.82, 2.24) is 0 Å². The third-order valence-electron chi connectivity index (χ3n) is 3.56. The van der Waals surface area contributed by atoms with Gasteiger partial charge in [-0.25, -0.2) is 13.2 Å². The maximum atomic E-state index is 13.3. The van der Waals surface area contributed by atoms with Crippen LogP contribution in [0.3, 0.4) is 0 Å². The molecule has 22 heavy (non-hydrogen) atoms. The van der Waals surface area contributed by atoms with Gasteiger partial charge in [0.2, 0.25) is 0 Å². The average molecular weight is 306 g/mol. The van der Waals surface area contributed by atoms with Gasteiger partial charge in [0.1, 0.15) is 0 Å². The van der Waals surface area contributed by atoms with E-state index in [9.17, 15) is 13.2 Å². The molecule has 0 radical (unpaired) electrons. The second kappa shape index (κ2) is 6.14. The molecule has 114 valence electrons. The van der Waals surface area contributed by atoms with E-state index < -0.39 is 24.6 Å². The van der Waals surface area contributed by atoms with Crippen LogP contribution in [-0.2, 0) is 9.31 Å². The van der Waals surface area contributed by atoms with Gasteiger partial charge < -0.3 is 9.31 Å². The van der Waals surface area contributed by atoms with Gasteiger partial charge in [-0.2, -0.15) is 0 Å². The lowest BCUT2D eigenvalue weighted by Gasteiger charge is -2.24. The Bertz CT molecular complexity index is 645. The Labute approximate surface area is 127 Å². The van der Waals surface area contributed by atoms with Crippen LogP contribution >= 0.6 is 0 Å². The number of hydrogen-bond acceptors (Lipinski definition) is 2. The van der Waals surface area contributed by atoms with E-state index in [1.54, 1.807) is 24.3 Å². The van der Waals surface area contributed by atoms with Gasteiger partial charge in [-0.05, 0) is 34.6 Å². The quantitative estimate of drug-likeness (QED) is 0.627. The van der Waals surface area contributed by atoms with E-state index in [0.29, 0.717) is 24.7 Å². The van der Waals surface area contributed by atoms with Crippen LogP contribution in [0.4, 0.5) is 13.2 Å². The lowest BCUT2D eigenvalue weighted by Crippen LogP contribution is -2.43. The lowest BCUT2D eigenvalue weighted by atomic mass is 9.77. The highest BCUT2D eigenvalue weighted by Gasteiger charge is 2.27. The monoisotopic (exact) mass is 306 g/mol. The number of rotatable bonds is 2. The molecular formula is C16H14BF3O2. The molecule has 1 aliphatic rings. The first-order chi connectivity index (χ1) is 10.5. The first-order valence-corrected chi connectivity index (χ1v) is 7.02. The van der Waals surface area contributed by atoms with E-state index in [4.69, 9.17) is 9.31 Å². The Kier molecular flexibility index (Phi) is 4.22. The predicted octanol–water partition coefficient (Wildman–Crippen LogP) is 3.15. The molecule has 6 heteroatoms. The number of halogens is 3. The van der Waals surface area contributed by atoms with Gasteiger partial charge in [0.25, 0.3) is 0 Å². The van der Waals surface area contributed by atoms with Gasteiger partial charge >= 0.3 is 7.12 Å². The van der Waals surface area contributed by atoms with Crippen molar-refractivity contribution >= 4 is 12.6 Å². The second-order valence-corrected chi connectivity index (χ2v) is 5.48. The Morgan fingerprint density at radius 3 is 2.00 bits per heavy atom. The second-order valence-electron chi connectivity index (χ2n) is 5.48. The van der Waals surface area contributed by atoms with Crippen LogP contribution in [0.25, 0.3) is 11.1 Å². The molecule has 2 nitrogen and oxygen atoms in total. The molecule has 0 unspecified atom stereocenters. The van der Waals surface area contributed by atoms with Crippen LogP contribution in [0.5, 0.6) is 0 Å². The molecule has 0 atom stereocenters. The summed E-state index contributed by atoms with van der Waals surface area (Å²) in [6.45, 7) is 3.29. The van der Waals surface area contributed by atoms with Crippen molar-refractivity contribution in [3.63, 3.8) is 0 Å². The molecular weight excluding hydrogens is 292 g/mol. The molecule has 1 fully saturated rings. The Morgan fingerprint density at radius 2 is 1.45 bits per heavy atom. The van der Waals surface area contributed by atoms with Gasteiger partial charge in [-0.3, -0.25) is 0 Å². The fraction of sp³-hybridized carbons (Fsp3) is 0.250. The van der Waals surface area contributed by atoms with E-state index in [-0.39, 0.29) is 5.56 Å². The highest BCUT2D eigenvalue weighted by molar-refractivity contribution is 6.61. The zero-order chi connectivity index (χ0) is 15.7. The maximum absolute atomic E-state index is 13.3. The van der Waals surface area contributed by atoms with Crippen molar-refractivity contribution in [3.8, 4) is 11.1 Å². The first kappa shape index (κ1) is 15.1. The Balaban J connectivity index is 1.82. The molecule has 0 aliphatic carbocycles. The molecule has 1 saturated heterocycles. The van der Waals surface area contributed by atoms with Gasteiger partial charge in [-0.15, -0.1) is 0 Å². The molecule has 0 saturated carbocycles. The molecule has 0 amide bonds. The molecule has 0 spiro atoms. The van der Waals surface area contributed by atoms with Crippen LogP contribution in [0.1, 0.15) is 6.92 Å². The fourth-order valence-electron chi connectivity index (χ4n) is 2.35. The molecule has 0 aromatic heterocycles. The molecule has 0 bridgehead atoms. The standard InChI is InChI=1S/C16H14BF3O2/c1-10-8-21-17(22-9-10)13-4-2-11(3-5-13)12-6-14(18)16(20)15(19)7-12/h2-7,10H,8-9H2,1H3. The fourth-order valence-corrected chi connectivity index (χ4v) is 2.35. The summed E-state index contributed by atoms with van der Waals surface area (Å²) >= 11 is 0. The minimum atomic E-state index is -1.46. The van der Waals surface area contributed by atoms with Gasteiger partial charge in [0, 0.05) is 13.2 Å². The van der Waals surface area contributed by atoms with Crippen molar-refractivity contribution in [2.45, 2.75) is 6.92 Å². The van der Waals surface area contributed by atoms with Crippen LogP contribution in [0.15, 0.2) is 36.4 Å². The molecule has 1 heterocycles. The highest BCUT2D eigenvalue weighted by Crippen LogP contribution is 2.23. The van der Waals surface area contributed by atoms with Gasteiger partial charge in [0.05, 0.1) is 0 Å².